The number of hydrogen-bond acceptors (Lipinski definition) is 5. The van der Waals surface area contributed by atoms with Gasteiger partial charge in [0, 0.05) is 59.4 Å². The average molecular weight is 876 g/mol. The number of furan rings is 1. The summed E-state index contributed by atoms with van der Waals surface area (Å²) in [5.74, 6) is 2.31. The number of hydrogen-bond donors (Lipinski definition) is 1. The summed E-state index contributed by atoms with van der Waals surface area (Å²) in [6.45, 7) is 24.6. The second-order valence-corrected chi connectivity index (χ2v) is 17.2. The zero-order valence-electron chi connectivity index (χ0n) is 33.0. The first-order valence-corrected chi connectivity index (χ1v) is 18.4. The molecular weight excluding hydrogens is 821 g/mol. The van der Waals surface area contributed by atoms with E-state index in [4.69, 9.17) is 14.4 Å². The summed E-state index contributed by atoms with van der Waals surface area (Å²) in [7, 11) is 0. The second kappa shape index (κ2) is 16.0. The van der Waals surface area contributed by atoms with Gasteiger partial charge in [-0.05, 0) is 52.6 Å². The molecule has 5 nitrogen and oxygen atoms in total. The molecule has 0 bridgehead atoms. The number of carbonyl (C=O) groups is 1. The molecule has 6 aromatic rings. The van der Waals surface area contributed by atoms with Gasteiger partial charge in [-0.1, -0.05) is 136 Å². The molecule has 1 radical (unpaired) electrons. The van der Waals surface area contributed by atoms with E-state index in [-0.39, 0.29) is 43.0 Å². The molecule has 0 unspecified atom stereocenters. The van der Waals surface area contributed by atoms with E-state index >= 15 is 0 Å². The van der Waals surface area contributed by atoms with E-state index in [1.54, 1.807) is 0 Å². The van der Waals surface area contributed by atoms with Crippen LogP contribution >= 0.6 is 0 Å². The van der Waals surface area contributed by atoms with Gasteiger partial charge in [0.05, 0.1) is 11.1 Å². The Labute approximate surface area is 323 Å². The van der Waals surface area contributed by atoms with Crippen molar-refractivity contribution in [2.45, 2.75) is 102 Å². The summed E-state index contributed by atoms with van der Waals surface area (Å²) in [6, 6.07) is 25.0. The van der Waals surface area contributed by atoms with Crippen molar-refractivity contribution in [2.24, 2.45) is 22.7 Å². The fraction of sp³-hybridized carbons (Fsp3) is 0.413. The fourth-order valence-electron chi connectivity index (χ4n) is 6.29. The maximum absolute atomic E-state index is 11.5. The van der Waals surface area contributed by atoms with Crippen molar-refractivity contribution in [1.29, 1.82) is 0 Å². The molecular formula is C46H55IrN2O3-. The molecule has 4 aromatic carbocycles. The van der Waals surface area contributed by atoms with Crippen molar-refractivity contribution < 1.29 is 34.4 Å². The molecule has 0 saturated heterocycles. The number of aliphatic hydroxyl groups is 1. The molecule has 0 aliphatic carbocycles. The van der Waals surface area contributed by atoms with Crippen molar-refractivity contribution in [3.8, 4) is 11.3 Å². The van der Waals surface area contributed by atoms with Crippen molar-refractivity contribution in [1.82, 2.24) is 9.97 Å². The van der Waals surface area contributed by atoms with E-state index < -0.39 is 5.41 Å². The van der Waals surface area contributed by atoms with Crippen LogP contribution in [0.25, 0.3) is 54.9 Å². The maximum Gasteiger partial charge on any atom is 0.164 e. The molecule has 0 saturated carbocycles. The monoisotopic (exact) mass is 876 g/mol. The number of carbonyl (C=O) groups excluding carboxylic acids is 1. The van der Waals surface area contributed by atoms with Gasteiger partial charge in [0.2, 0.25) is 0 Å². The zero-order valence-corrected chi connectivity index (χ0v) is 35.4. The number of nitrogens with zero attached hydrogens (tertiary/aromatic N) is 2. The Morgan fingerprint density at radius 3 is 2.12 bits per heavy atom. The Bertz CT molecular complexity index is 2240. The van der Waals surface area contributed by atoms with E-state index in [1.165, 1.54) is 28.0 Å². The summed E-state index contributed by atoms with van der Waals surface area (Å²) in [5.41, 5.74) is 6.56. The van der Waals surface area contributed by atoms with Gasteiger partial charge in [0.15, 0.2) is 5.78 Å². The molecule has 6 rings (SSSR count). The number of ketones is 1. The van der Waals surface area contributed by atoms with E-state index in [1.807, 2.05) is 59.7 Å². The Morgan fingerprint density at radius 2 is 1.50 bits per heavy atom. The first-order valence-electron chi connectivity index (χ1n) is 18.4. The summed E-state index contributed by atoms with van der Waals surface area (Å²) in [6.07, 6.45) is 3.43. The predicted molar refractivity (Wildman–Crippen MR) is 214 cm³/mol. The molecule has 0 amide bonds. The minimum absolute atomic E-state index is 0. The molecule has 6 heteroatoms. The zero-order chi connectivity index (χ0) is 37.4. The number of rotatable bonds is 7. The third kappa shape index (κ3) is 9.01. The topological polar surface area (TPSA) is 76.2 Å². The fourth-order valence-corrected chi connectivity index (χ4v) is 6.29. The van der Waals surface area contributed by atoms with Crippen molar-refractivity contribution >= 4 is 49.4 Å². The Kier molecular flexibility index (Phi) is 12.6. The van der Waals surface area contributed by atoms with Gasteiger partial charge in [-0.15, -0.1) is 18.2 Å². The van der Waals surface area contributed by atoms with Crippen molar-refractivity contribution in [3.63, 3.8) is 0 Å². The summed E-state index contributed by atoms with van der Waals surface area (Å²) in [4.78, 5) is 21.8. The Balaban J connectivity index is 0.000000372. The molecule has 2 heterocycles. The molecule has 52 heavy (non-hydrogen) atoms. The molecule has 0 aliphatic heterocycles. The minimum Gasteiger partial charge on any atom is -0.512 e. The normalized spacial score (nSPS) is 12.6. The van der Waals surface area contributed by atoms with Gasteiger partial charge in [0.1, 0.15) is 17.2 Å². The minimum atomic E-state index is -0.417. The first-order chi connectivity index (χ1) is 23.8. The summed E-state index contributed by atoms with van der Waals surface area (Å²) in [5, 5.41) is 15.3. The first kappa shape index (κ1) is 40.9. The predicted octanol–water partition coefficient (Wildman–Crippen LogP) is 12.8. The van der Waals surface area contributed by atoms with Crippen LogP contribution < -0.4 is 0 Å². The van der Waals surface area contributed by atoms with E-state index in [0.29, 0.717) is 11.8 Å². The standard InChI is InChI=1S/C35H35N2O.C11H20O2.Ir/c1-20(2)16-23-18-24-14-15-28-32(29-12-9-11-27-26-10-7-8-13-30(26)38-34(27)29)36-35(22(5)6)37-33(28)31(24)25(19-23)17-21(3)4;1-10(2,3)8(12)7-9(13)11(4,5)6;/h7-11,13-15,18-22H,16-17H2,1-6H3;7,12H,1-6H3;/q-1;;. The van der Waals surface area contributed by atoms with Crippen LogP contribution in [0.1, 0.15) is 106 Å². The van der Waals surface area contributed by atoms with Gasteiger partial charge in [-0.25, -0.2) is 4.98 Å². The van der Waals surface area contributed by atoms with Gasteiger partial charge in [-0.2, -0.15) is 0 Å². The van der Waals surface area contributed by atoms with Crippen LogP contribution in [-0.4, -0.2) is 20.9 Å². The van der Waals surface area contributed by atoms with Crippen LogP contribution in [0.5, 0.6) is 0 Å². The molecule has 0 spiro atoms. The molecule has 2 aromatic heterocycles. The smallest absolute Gasteiger partial charge is 0.164 e. The molecule has 1 N–H and O–H groups in total. The van der Waals surface area contributed by atoms with Gasteiger partial charge >= 0.3 is 0 Å². The van der Waals surface area contributed by atoms with E-state index in [0.717, 1.165) is 62.8 Å². The Morgan fingerprint density at radius 1 is 0.827 bits per heavy atom. The van der Waals surface area contributed by atoms with E-state index in [2.05, 4.69) is 90.1 Å². The van der Waals surface area contributed by atoms with Crippen LogP contribution in [0.4, 0.5) is 0 Å². The molecule has 0 fully saturated rings. The number of para-hydroxylation sites is 1. The molecule has 0 atom stereocenters. The van der Waals surface area contributed by atoms with Gasteiger partial charge in [-0.3, -0.25) is 9.78 Å². The molecule has 277 valence electrons. The van der Waals surface area contributed by atoms with Gasteiger partial charge < -0.3 is 9.52 Å². The second-order valence-electron chi connectivity index (χ2n) is 17.2. The number of fused-ring (bicyclic) bond motifs is 6. The third-order valence-electron chi connectivity index (χ3n) is 9.08. The third-order valence-corrected chi connectivity index (χ3v) is 9.08. The molecule has 0 aliphatic rings. The number of benzene rings is 4. The SMILES string of the molecule is CC(C)(C)C(=O)C=C(O)C(C)(C)C.CC(C)Cc1cc(CC(C)C)c2c(ccc3c(-c4[c-]ccc5c4oc4ccccc45)nc(C(C)C)nc32)c1.[Ir]. The summed E-state index contributed by atoms with van der Waals surface area (Å²) < 4.78 is 6.41. The quantitative estimate of drug-likeness (QED) is 0.0748. The summed E-state index contributed by atoms with van der Waals surface area (Å²) >= 11 is 0. The van der Waals surface area contributed by atoms with Crippen LogP contribution in [-0.2, 0) is 37.7 Å². The van der Waals surface area contributed by atoms with E-state index in [9.17, 15) is 9.90 Å². The van der Waals surface area contributed by atoms with Crippen molar-refractivity contribution in [3.05, 3.63) is 95.5 Å². The maximum atomic E-state index is 11.5. The van der Waals surface area contributed by atoms with Crippen LogP contribution in [0.15, 0.2) is 76.9 Å². The van der Waals surface area contributed by atoms with Crippen LogP contribution in [0, 0.1) is 28.7 Å². The van der Waals surface area contributed by atoms with Gasteiger partial charge in [0.25, 0.3) is 0 Å². The Hall–Kier alpha value is -3.86. The van der Waals surface area contributed by atoms with Crippen LogP contribution in [0.2, 0.25) is 0 Å². The van der Waals surface area contributed by atoms with Crippen LogP contribution in [0.3, 0.4) is 0 Å². The number of allylic oxidation sites excluding steroid dienone is 2. The number of aromatic nitrogens is 2. The largest absolute Gasteiger partial charge is 0.512 e. The number of aliphatic hydroxyl groups excluding tert-OH is 1. The van der Waals surface area contributed by atoms with Crippen molar-refractivity contribution in [2.75, 3.05) is 0 Å². The average Bonchev–Trinajstić information content (AvgIpc) is 3.42.